The minimum Gasteiger partial charge on any atom is -1.00 e. The molecule has 4 nitrogen and oxygen atoms in total. The average molecular weight is 424 g/mol. The van der Waals surface area contributed by atoms with Gasteiger partial charge in [0.05, 0.1) is 7.05 Å². The molecular weight excluding hydrogens is 403 g/mol. The summed E-state index contributed by atoms with van der Waals surface area (Å²) in [5.74, 6) is 0.785. The van der Waals surface area contributed by atoms with Gasteiger partial charge in [-0.25, -0.2) is 9.13 Å². The van der Waals surface area contributed by atoms with Crippen molar-refractivity contribution in [2.24, 2.45) is 7.05 Å². The zero-order valence-electron chi connectivity index (χ0n) is 13.3. The minimum atomic E-state index is -0.558. The van der Waals surface area contributed by atoms with Crippen molar-refractivity contribution in [1.82, 2.24) is 4.57 Å². The Hall–Kier alpha value is -1.60. The van der Waals surface area contributed by atoms with Gasteiger partial charge >= 0.3 is 0 Å². The Kier molecular flexibility index (Phi) is 6.01. The van der Waals surface area contributed by atoms with Crippen LogP contribution in [0.5, 0.6) is 5.75 Å². The monoisotopic (exact) mass is 424 g/mol. The zero-order valence-corrected chi connectivity index (χ0v) is 15.5. The van der Waals surface area contributed by atoms with Crippen LogP contribution < -0.4 is 33.3 Å². The molecule has 1 aromatic heterocycles. The molecule has 0 aliphatic rings. The molecule has 0 saturated carbocycles. The van der Waals surface area contributed by atoms with Crippen LogP contribution in [0.3, 0.4) is 0 Å². The summed E-state index contributed by atoms with van der Waals surface area (Å²) < 4.78 is 9.76. The normalized spacial score (nSPS) is 12.0. The lowest BCUT2D eigenvalue weighted by molar-refractivity contribution is -0.645. The largest absolute Gasteiger partial charge is 1.00 e. The lowest BCUT2D eigenvalue weighted by atomic mass is 10.2. The van der Waals surface area contributed by atoms with Crippen LogP contribution in [0.15, 0.2) is 54.9 Å². The predicted octanol–water partition coefficient (Wildman–Crippen LogP) is -0.782. The fraction of sp³-hybridized carbons (Fsp3) is 0.278. The van der Waals surface area contributed by atoms with Gasteiger partial charge < -0.3 is 33.8 Å². The number of halogens is 1. The molecule has 1 atom stereocenters. The minimum absolute atomic E-state index is 0. The van der Waals surface area contributed by atoms with E-state index in [9.17, 15) is 5.11 Å². The Balaban J connectivity index is 0.00000192. The third-order valence-electron chi connectivity index (χ3n) is 3.75. The number of aliphatic hydroxyl groups is 1. The second kappa shape index (κ2) is 7.79. The first-order valence-electron chi connectivity index (χ1n) is 7.44. The lowest BCUT2D eigenvalue weighted by Gasteiger charge is -2.11. The van der Waals surface area contributed by atoms with E-state index in [4.69, 9.17) is 4.74 Å². The predicted molar refractivity (Wildman–Crippen MR) is 85.8 cm³/mol. The summed E-state index contributed by atoms with van der Waals surface area (Å²) in [6.45, 7) is 2.82. The van der Waals surface area contributed by atoms with Crippen molar-refractivity contribution in [2.45, 2.75) is 19.6 Å². The number of ether oxygens (including phenoxy) is 1. The van der Waals surface area contributed by atoms with E-state index in [1.54, 1.807) is 0 Å². The summed E-state index contributed by atoms with van der Waals surface area (Å²) in [6, 6.07) is 16.0. The van der Waals surface area contributed by atoms with E-state index in [2.05, 4.69) is 21.3 Å². The highest BCUT2D eigenvalue weighted by Gasteiger charge is 2.16. The molecule has 0 aliphatic heterocycles. The third kappa shape index (κ3) is 4.23. The van der Waals surface area contributed by atoms with Crippen molar-refractivity contribution in [3.63, 3.8) is 0 Å². The quantitative estimate of drug-likeness (QED) is 0.431. The van der Waals surface area contributed by atoms with Gasteiger partial charge in [-0.15, -0.1) is 0 Å². The molecule has 1 unspecified atom stereocenters. The van der Waals surface area contributed by atoms with Crippen LogP contribution >= 0.6 is 0 Å². The second-order valence-corrected chi connectivity index (χ2v) is 5.65. The van der Waals surface area contributed by atoms with Crippen molar-refractivity contribution >= 4 is 11.0 Å². The van der Waals surface area contributed by atoms with Crippen LogP contribution in [0.1, 0.15) is 5.56 Å². The fourth-order valence-corrected chi connectivity index (χ4v) is 2.59. The van der Waals surface area contributed by atoms with Crippen LogP contribution in [0.2, 0.25) is 0 Å². The highest BCUT2D eigenvalue weighted by Crippen LogP contribution is 2.13. The van der Waals surface area contributed by atoms with Gasteiger partial charge in [0.1, 0.15) is 25.0 Å². The molecule has 0 amide bonds. The number of imidazole rings is 1. The summed E-state index contributed by atoms with van der Waals surface area (Å²) in [6.07, 6.45) is 1.44. The SMILES string of the molecule is Cc1ccc(OCC(O)Cn2c[n+](C)c3ccccc32)cc1.[I-]. The summed E-state index contributed by atoms with van der Waals surface area (Å²) >= 11 is 0. The topological polar surface area (TPSA) is 38.3 Å². The molecule has 0 radical (unpaired) electrons. The Labute approximate surface area is 153 Å². The maximum atomic E-state index is 10.2. The number of fused-ring (bicyclic) bond motifs is 1. The van der Waals surface area contributed by atoms with Crippen molar-refractivity contribution in [3.05, 3.63) is 60.4 Å². The average Bonchev–Trinajstić information content (AvgIpc) is 2.83. The maximum Gasteiger partial charge on any atom is 0.244 e. The van der Waals surface area contributed by atoms with Gasteiger partial charge in [0.15, 0.2) is 11.0 Å². The van der Waals surface area contributed by atoms with Crippen LogP contribution in [0.25, 0.3) is 11.0 Å². The summed E-state index contributed by atoms with van der Waals surface area (Å²) in [5, 5.41) is 10.2. The molecular formula is C18H21IN2O2. The summed E-state index contributed by atoms with van der Waals surface area (Å²) in [7, 11) is 2.01. The molecule has 2 aromatic carbocycles. The number of hydrogen-bond donors (Lipinski definition) is 1. The van der Waals surface area contributed by atoms with E-state index in [1.807, 2.05) is 56.7 Å². The Bertz CT molecular complexity index is 768. The van der Waals surface area contributed by atoms with Crippen LogP contribution in [-0.2, 0) is 13.6 Å². The third-order valence-corrected chi connectivity index (χ3v) is 3.75. The van der Waals surface area contributed by atoms with Gasteiger partial charge in [-0.2, -0.15) is 0 Å². The molecule has 0 fully saturated rings. The zero-order chi connectivity index (χ0) is 15.5. The molecule has 5 heteroatoms. The molecule has 1 heterocycles. The lowest BCUT2D eigenvalue weighted by Crippen LogP contribution is -3.00. The first-order valence-corrected chi connectivity index (χ1v) is 7.44. The van der Waals surface area contributed by atoms with Crippen molar-refractivity contribution < 1.29 is 38.4 Å². The van der Waals surface area contributed by atoms with Gasteiger partial charge in [-0.3, -0.25) is 0 Å². The van der Waals surface area contributed by atoms with E-state index in [-0.39, 0.29) is 30.6 Å². The highest BCUT2D eigenvalue weighted by atomic mass is 127. The smallest absolute Gasteiger partial charge is 0.244 e. The van der Waals surface area contributed by atoms with Crippen LogP contribution in [-0.4, -0.2) is 22.4 Å². The summed E-state index contributed by atoms with van der Waals surface area (Å²) in [5.41, 5.74) is 3.45. The van der Waals surface area contributed by atoms with Gasteiger partial charge in [0.25, 0.3) is 0 Å². The molecule has 0 bridgehead atoms. The summed E-state index contributed by atoms with van der Waals surface area (Å²) in [4.78, 5) is 0. The van der Waals surface area contributed by atoms with Gasteiger partial charge in [0.2, 0.25) is 6.33 Å². The van der Waals surface area contributed by atoms with Crippen molar-refractivity contribution in [1.29, 1.82) is 0 Å². The molecule has 23 heavy (non-hydrogen) atoms. The first kappa shape index (κ1) is 17.7. The molecule has 0 saturated heterocycles. The molecule has 0 aliphatic carbocycles. The van der Waals surface area contributed by atoms with Crippen molar-refractivity contribution in [2.75, 3.05) is 6.61 Å². The molecule has 122 valence electrons. The Morgan fingerprint density at radius 3 is 2.57 bits per heavy atom. The fourth-order valence-electron chi connectivity index (χ4n) is 2.59. The van der Waals surface area contributed by atoms with Crippen LogP contribution in [0.4, 0.5) is 0 Å². The number of aryl methyl sites for hydroxylation is 2. The second-order valence-electron chi connectivity index (χ2n) is 5.65. The molecule has 3 rings (SSSR count). The van der Waals surface area contributed by atoms with E-state index in [0.29, 0.717) is 6.54 Å². The van der Waals surface area contributed by atoms with Crippen molar-refractivity contribution in [3.8, 4) is 5.75 Å². The number of nitrogens with zero attached hydrogens (tertiary/aromatic N) is 2. The van der Waals surface area contributed by atoms with E-state index in [0.717, 1.165) is 16.8 Å². The number of aliphatic hydroxyl groups excluding tert-OH is 1. The maximum absolute atomic E-state index is 10.2. The number of hydrogen-bond acceptors (Lipinski definition) is 2. The molecule has 1 N–H and O–H groups in total. The standard InChI is InChI=1S/C18H21N2O2.HI/c1-14-7-9-16(10-8-14)22-12-15(21)11-20-13-19(2)17-5-3-4-6-18(17)20;/h3-10,13,15,21H,11-12H2,1-2H3;1H/q+1;/p-1. The number of para-hydroxylation sites is 2. The van der Waals surface area contributed by atoms with Gasteiger partial charge in [0, 0.05) is 0 Å². The highest BCUT2D eigenvalue weighted by molar-refractivity contribution is 5.71. The number of benzene rings is 2. The van der Waals surface area contributed by atoms with E-state index in [1.165, 1.54) is 5.56 Å². The number of aromatic nitrogens is 2. The van der Waals surface area contributed by atoms with Crippen LogP contribution in [0, 0.1) is 6.92 Å². The van der Waals surface area contributed by atoms with Gasteiger partial charge in [-0.05, 0) is 31.2 Å². The molecule has 0 spiro atoms. The molecule has 3 aromatic rings. The Morgan fingerprint density at radius 2 is 1.83 bits per heavy atom. The number of rotatable bonds is 5. The van der Waals surface area contributed by atoms with E-state index >= 15 is 0 Å². The van der Waals surface area contributed by atoms with E-state index < -0.39 is 6.10 Å². The Morgan fingerprint density at radius 1 is 1.13 bits per heavy atom. The first-order chi connectivity index (χ1) is 10.6. The van der Waals surface area contributed by atoms with Gasteiger partial charge in [-0.1, -0.05) is 29.8 Å².